The van der Waals surface area contributed by atoms with Crippen LogP contribution in [0.2, 0.25) is 10.0 Å². The van der Waals surface area contributed by atoms with E-state index >= 15 is 0 Å². The number of rotatable bonds is 5. The van der Waals surface area contributed by atoms with Gasteiger partial charge in [-0.2, -0.15) is 0 Å². The normalized spacial score (nSPS) is 12.6. The molecule has 100 valence electrons. The van der Waals surface area contributed by atoms with Gasteiger partial charge in [-0.15, -0.1) is 0 Å². The summed E-state index contributed by atoms with van der Waals surface area (Å²) in [6.45, 7) is 6.00. The lowest BCUT2D eigenvalue weighted by Gasteiger charge is -2.19. The van der Waals surface area contributed by atoms with Crippen molar-refractivity contribution in [1.82, 2.24) is 5.32 Å². The van der Waals surface area contributed by atoms with Crippen LogP contribution >= 0.6 is 23.2 Å². The molecule has 0 bridgehead atoms. The zero-order valence-corrected chi connectivity index (χ0v) is 12.5. The third kappa shape index (κ3) is 3.89. The average molecular weight is 288 g/mol. The Morgan fingerprint density at radius 2 is 1.83 bits per heavy atom. The van der Waals surface area contributed by atoms with E-state index in [2.05, 4.69) is 5.32 Å². The largest absolute Gasteiger partial charge is 0.349 e. The summed E-state index contributed by atoms with van der Waals surface area (Å²) in [4.78, 5) is 12.0. The van der Waals surface area contributed by atoms with Crippen molar-refractivity contribution >= 4 is 29.1 Å². The second-order valence-corrected chi connectivity index (χ2v) is 5.23. The Balaban J connectivity index is 2.73. The molecule has 0 saturated carbocycles. The number of carbonyl (C=O) groups excluding carboxylic acids is 1. The molecule has 0 aliphatic rings. The van der Waals surface area contributed by atoms with Gasteiger partial charge in [-0.1, -0.05) is 43.1 Å². The summed E-state index contributed by atoms with van der Waals surface area (Å²) < 4.78 is 0. The molecular formula is C14H19Cl2NO. The van der Waals surface area contributed by atoms with Crippen LogP contribution in [0.5, 0.6) is 0 Å². The molecule has 0 aromatic heterocycles. The number of nitrogens with one attached hydrogen (secondary N) is 1. The van der Waals surface area contributed by atoms with Crippen LogP contribution in [0.3, 0.4) is 0 Å². The molecule has 0 aliphatic heterocycles. The van der Waals surface area contributed by atoms with Gasteiger partial charge in [-0.25, -0.2) is 0 Å². The maximum Gasteiger partial charge on any atom is 0.223 e. The molecule has 0 unspecified atom stereocenters. The summed E-state index contributed by atoms with van der Waals surface area (Å²) in [7, 11) is 0. The molecule has 1 N–H and O–H groups in total. The molecular weight excluding hydrogens is 269 g/mol. The SMILES string of the molecule is CCC(CC)C(=O)N[C@@H](C)c1ccc(Cl)c(Cl)c1. The minimum atomic E-state index is -0.0622. The van der Waals surface area contributed by atoms with E-state index in [0.717, 1.165) is 18.4 Å². The Morgan fingerprint density at radius 3 is 2.33 bits per heavy atom. The van der Waals surface area contributed by atoms with Crippen LogP contribution in [0.1, 0.15) is 45.2 Å². The van der Waals surface area contributed by atoms with Gasteiger partial charge in [0, 0.05) is 5.92 Å². The van der Waals surface area contributed by atoms with Gasteiger partial charge in [-0.3, -0.25) is 4.79 Å². The lowest BCUT2D eigenvalue weighted by molar-refractivity contribution is -0.125. The molecule has 2 nitrogen and oxygen atoms in total. The van der Waals surface area contributed by atoms with Crippen molar-refractivity contribution in [3.05, 3.63) is 33.8 Å². The maximum absolute atomic E-state index is 12.0. The number of halogens is 2. The highest BCUT2D eigenvalue weighted by molar-refractivity contribution is 6.42. The second kappa shape index (κ2) is 7.01. The first kappa shape index (κ1) is 15.3. The van der Waals surface area contributed by atoms with Gasteiger partial charge in [-0.05, 0) is 37.5 Å². The third-order valence-corrected chi connectivity index (χ3v) is 3.90. The minimum absolute atomic E-state index is 0.0622. The van der Waals surface area contributed by atoms with Crippen LogP contribution in [0.4, 0.5) is 0 Å². The molecule has 0 fully saturated rings. The molecule has 1 aromatic rings. The molecule has 0 saturated heterocycles. The number of amides is 1. The van der Waals surface area contributed by atoms with E-state index in [1.807, 2.05) is 26.8 Å². The van der Waals surface area contributed by atoms with Crippen molar-refractivity contribution in [2.75, 3.05) is 0 Å². The Labute approximate surface area is 119 Å². The minimum Gasteiger partial charge on any atom is -0.349 e. The zero-order chi connectivity index (χ0) is 13.7. The van der Waals surface area contributed by atoms with Gasteiger partial charge >= 0.3 is 0 Å². The third-order valence-electron chi connectivity index (χ3n) is 3.16. The van der Waals surface area contributed by atoms with Crippen molar-refractivity contribution in [2.24, 2.45) is 5.92 Å². The molecule has 0 spiro atoms. The highest BCUT2D eigenvalue weighted by atomic mass is 35.5. The van der Waals surface area contributed by atoms with E-state index < -0.39 is 0 Å². The maximum atomic E-state index is 12.0. The zero-order valence-electron chi connectivity index (χ0n) is 11.0. The van der Waals surface area contributed by atoms with Crippen LogP contribution in [-0.2, 0) is 4.79 Å². The fraction of sp³-hybridized carbons (Fsp3) is 0.500. The van der Waals surface area contributed by atoms with Gasteiger partial charge in [0.05, 0.1) is 16.1 Å². The van der Waals surface area contributed by atoms with Gasteiger partial charge in [0.15, 0.2) is 0 Å². The van der Waals surface area contributed by atoms with Gasteiger partial charge in [0.2, 0.25) is 5.91 Å². The summed E-state index contributed by atoms with van der Waals surface area (Å²) in [5.41, 5.74) is 0.962. The van der Waals surface area contributed by atoms with Crippen LogP contribution in [0.15, 0.2) is 18.2 Å². The first-order valence-corrected chi connectivity index (χ1v) is 7.00. The fourth-order valence-electron chi connectivity index (χ4n) is 1.86. The van der Waals surface area contributed by atoms with Gasteiger partial charge in [0.25, 0.3) is 0 Å². The van der Waals surface area contributed by atoms with Crippen molar-refractivity contribution in [3.8, 4) is 0 Å². The summed E-state index contributed by atoms with van der Waals surface area (Å²) in [5.74, 6) is 0.175. The van der Waals surface area contributed by atoms with E-state index in [1.54, 1.807) is 12.1 Å². The predicted octanol–water partition coefficient (Wildman–Crippen LogP) is 4.61. The summed E-state index contributed by atoms with van der Waals surface area (Å²) in [6.07, 6.45) is 1.72. The first-order valence-electron chi connectivity index (χ1n) is 6.24. The second-order valence-electron chi connectivity index (χ2n) is 4.42. The molecule has 1 amide bonds. The monoisotopic (exact) mass is 287 g/mol. The van der Waals surface area contributed by atoms with Crippen molar-refractivity contribution in [3.63, 3.8) is 0 Å². The molecule has 1 atom stereocenters. The first-order chi connectivity index (χ1) is 8.49. The number of benzene rings is 1. The molecule has 0 radical (unpaired) electrons. The smallest absolute Gasteiger partial charge is 0.223 e. The Hall–Kier alpha value is -0.730. The summed E-state index contributed by atoms with van der Waals surface area (Å²) in [5, 5.41) is 4.04. The molecule has 1 aromatic carbocycles. The van der Waals surface area contributed by atoms with E-state index in [4.69, 9.17) is 23.2 Å². The van der Waals surface area contributed by atoms with E-state index in [1.165, 1.54) is 0 Å². The summed E-state index contributed by atoms with van der Waals surface area (Å²) >= 11 is 11.8. The number of hydrogen-bond donors (Lipinski definition) is 1. The highest BCUT2D eigenvalue weighted by Gasteiger charge is 2.17. The summed E-state index contributed by atoms with van der Waals surface area (Å²) in [6, 6.07) is 5.36. The van der Waals surface area contributed by atoms with Crippen LogP contribution in [0, 0.1) is 5.92 Å². The standard InChI is InChI=1S/C14H19Cl2NO/c1-4-10(5-2)14(18)17-9(3)11-6-7-12(15)13(16)8-11/h6-10H,4-5H2,1-3H3,(H,17,18)/t9-/m0/s1. The van der Waals surface area contributed by atoms with E-state index in [0.29, 0.717) is 10.0 Å². The van der Waals surface area contributed by atoms with Crippen LogP contribution < -0.4 is 5.32 Å². The topological polar surface area (TPSA) is 29.1 Å². The molecule has 0 aliphatic carbocycles. The van der Waals surface area contributed by atoms with Crippen molar-refractivity contribution in [2.45, 2.75) is 39.7 Å². The molecule has 18 heavy (non-hydrogen) atoms. The lowest BCUT2D eigenvalue weighted by atomic mass is 10.0. The number of hydrogen-bond acceptors (Lipinski definition) is 1. The lowest BCUT2D eigenvalue weighted by Crippen LogP contribution is -2.32. The van der Waals surface area contributed by atoms with E-state index in [-0.39, 0.29) is 17.9 Å². The fourth-order valence-corrected chi connectivity index (χ4v) is 2.16. The Morgan fingerprint density at radius 1 is 1.22 bits per heavy atom. The number of carbonyl (C=O) groups is 1. The van der Waals surface area contributed by atoms with Crippen molar-refractivity contribution < 1.29 is 4.79 Å². The van der Waals surface area contributed by atoms with E-state index in [9.17, 15) is 4.79 Å². The van der Waals surface area contributed by atoms with Gasteiger partial charge in [0.1, 0.15) is 0 Å². The Kier molecular flexibility index (Phi) is 5.97. The van der Waals surface area contributed by atoms with Crippen molar-refractivity contribution in [1.29, 1.82) is 0 Å². The van der Waals surface area contributed by atoms with Gasteiger partial charge < -0.3 is 5.32 Å². The molecule has 1 rings (SSSR count). The molecule has 4 heteroatoms. The Bertz CT molecular complexity index is 416. The average Bonchev–Trinajstić information content (AvgIpc) is 2.34. The van der Waals surface area contributed by atoms with Crippen LogP contribution in [-0.4, -0.2) is 5.91 Å². The van der Waals surface area contributed by atoms with Crippen LogP contribution in [0.25, 0.3) is 0 Å². The highest BCUT2D eigenvalue weighted by Crippen LogP contribution is 2.25. The predicted molar refractivity (Wildman–Crippen MR) is 77.1 cm³/mol. The quantitative estimate of drug-likeness (QED) is 0.842. The molecule has 0 heterocycles.